The number of benzene rings is 1. The first-order chi connectivity index (χ1) is 10.7. The average Bonchev–Trinajstić information content (AvgIpc) is 2.43. The van der Waals surface area contributed by atoms with E-state index in [4.69, 9.17) is 0 Å². The van der Waals surface area contributed by atoms with Gasteiger partial charge in [0.1, 0.15) is 12.1 Å². The van der Waals surface area contributed by atoms with Crippen LogP contribution in [0.5, 0.6) is 0 Å². The van der Waals surface area contributed by atoms with Crippen molar-refractivity contribution in [2.24, 2.45) is 11.3 Å². The van der Waals surface area contributed by atoms with Crippen molar-refractivity contribution >= 4 is 11.8 Å². The van der Waals surface area contributed by atoms with Crippen LogP contribution in [0.3, 0.4) is 0 Å². The molecule has 2 amide bonds. The number of hydrogen-bond donors (Lipinski definition) is 1. The quantitative estimate of drug-likeness (QED) is 0.928. The standard InChI is InChI=1S/C19H28N2O2/c1-13(2)11-15-18(23)21(12-14-9-7-6-8-10-14)16(17(22)20-15)19(3,4)5/h6-10,13,15-16H,11-12H2,1-5H3,(H,20,22). The number of amides is 2. The van der Waals surface area contributed by atoms with Crippen LogP contribution in [-0.4, -0.2) is 28.8 Å². The van der Waals surface area contributed by atoms with E-state index in [1.807, 2.05) is 51.1 Å². The Bertz CT molecular complexity index is 560. The fourth-order valence-corrected chi connectivity index (χ4v) is 3.22. The molecule has 1 aromatic carbocycles. The third-order valence-electron chi connectivity index (χ3n) is 4.18. The molecular formula is C19H28N2O2. The Morgan fingerprint density at radius 2 is 1.74 bits per heavy atom. The highest BCUT2D eigenvalue weighted by Crippen LogP contribution is 2.30. The van der Waals surface area contributed by atoms with Crippen LogP contribution in [0.2, 0.25) is 0 Å². The molecule has 1 aromatic rings. The van der Waals surface area contributed by atoms with Gasteiger partial charge in [-0.2, -0.15) is 0 Å². The molecule has 0 bridgehead atoms. The van der Waals surface area contributed by atoms with Gasteiger partial charge in [0.15, 0.2) is 0 Å². The molecule has 2 unspecified atom stereocenters. The van der Waals surface area contributed by atoms with Gasteiger partial charge in [0.25, 0.3) is 0 Å². The number of piperazine rings is 1. The van der Waals surface area contributed by atoms with Gasteiger partial charge in [0, 0.05) is 6.54 Å². The molecule has 1 aliphatic heterocycles. The molecule has 0 saturated carbocycles. The van der Waals surface area contributed by atoms with Gasteiger partial charge in [0.05, 0.1) is 0 Å². The van der Waals surface area contributed by atoms with Crippen molar-refractivity contribution in [3.05, 3.63) is 35.9 Å². The molecule has 0 aromatic heterocycles. The van der Waals surface area contributed by atoms with Crippen LogP contribution in [0, 0.1) is 11.3 Å². The van der Waals surface area contributed by atoms with Gasteiger partial charge < -0.3 is 10.2 Å². The van der Waals surface area contributed by atoms with E-state index in [1.165, 1.54) is 0 Å². The van der Waals surface area contributed by atoms with Crippen LogP contribution >= 0.6 is 0 Å². The van der Waals surface area contributed by atoms with E-state index in [1.54, 1.807) is 4.90 Å². The molecule has 1 N–H and O–H groups in total. The molecule has 0 aliphatic carbocycles. The maximum Gasteiger partial charge on any atom is 0.246 e. The van der Waals surface area contributed by atoms with Gasteiger partial charge in [-0.25, -0.2) is 0 Å². The van der Waals surface area contributed by atoms with E-state index in [0.29, 0.717) is 18.9 Å². The van der Waals surface area contributed by atoms with Gasteiger partial charge in [-0.1, -0.05) is 65.0 Å². The lowest BCUT2D eigenvalue weighted by molar-refractivity contribution is -0.155. The first-order valence-corrected chi connectivity index (χ1v) is 8.35. The Morgan fingerprint density at radius 1 is 1.13 bits per heavy atom. The summed E-state index contributed by atoms with van der Waals surface area (Å²) < 4.78 is 0. The molecule has 23 heavy (non-hydrogen) atoms. The molecule has 4 heteroatoms. The summed E-state index contributed by atoms with van der Waals surface area (Å²) in [6.07, 6.45) is 0.673. The lowest BCUT2D eigenvalue weighted by Gasteiger charge is -2.45. The maximum atomic E-state index is 13.0. The van der Waals surface area contributed by atoms with E-state index in [-0.39, 0.29) is 17.2 Å². The largest absolute Gasteiger partial charge is 0.342 e. The molecule has 2 rings (SSSR count). The van der Waals surface area contributed by atoms with E-state index in [2.05, 4.69) is 19.2 Å². The van der Waals surface area contributed by atoms with E-state index in [0.717, 1.165) is 5.56 Å². The van der Waals surface area contributed by atoms with Gasteiger partial charge in [-0.3, -0.25) is 9.59 Å². The summed E-state index contributed by atoms with van der Waals surface area (Å²) in [5, 5.41) is 2.94. The first kappa shape index (κ1) is 17.5. The van der Waals surface area contributed by atoms with Crippen molar-refractivity contribution in [3.63, 3.8) is 0 Å². The molecule has 126 valence electrons. The number of nitrogens with zero attached hydrogens (tertiary/aromatic N) is 1. The first-order valence-electron chi connectivity index (χ1n) is 8.35. The second-order valence-corrected chi connectivity index (χ2v) is 7.91. The SMILES string of the molecule is CC(C)CC1NC(=O)C(C(C)(C)C)N(Cc2ccccc2)C1=O. The predicted octanol–water partition coefficient (Wildman–Crippen LogP) is 2.97. The average molecular weight is 316 g/mol. The number of rotatable bonds is 4. The van der Waals surface area contributed by atoms with Crippen molar-refractivity contribution < 1.29 is 9.59 Å². The summed E-state index contributed by atoms with van der Waals surface area (Å²) in [4.78, 5) is 27.4. The zero-order valence-electron chi connectivity index (χ0n) is 14.8. The van der Waals surface area contributed by atoms with Crippen LogP contribution < -0.4 is 5.32 Å². The zero-order chi connectivity index (χ0) is 17.2. The topological polar surface area (TPSA) is 49.4 Å². The van der Waals surface area contributed by atoms with Crippen molar-refractivity contribution in [2.45, 2.75) is 59.7 Å². The molecule has 1 fully saturated rings. The van der Waals surface area contributed by atoms with Crippen molar-refractivity contribution in [1.82, 2.24) is 10.2 Å². The fourth-order valence-electron chi connectivity index (χ4n) is 3.22. The molecule has 0 radical (unpaired) electrons. The lowest BCUT2D eigenvalue weighted by Crippen LogP contribution is -2.66. The number of carbonyl (C=O) groups excluding carboxylic acids is 2. The third-order valence-corrected chi connectivity index (χ3v) is 4.18. The Kier molecular flexibility index (Phi) is 5.12. The fraction of sp³-hybridized carbons (Fsp3) is 0.579. The summed E-state index contributed by atoms with van der Waals surface area (Å²) in [6.45, 7) is 10.6. The number of nitrogens with one attached hydrogen (secondary N) is 1. The van der Waals surface area contributed by atoms with Crippen LogP contribution in [0.25, 0.3) is 0 Å². The Balaban J connectivity index is 2.32. The van der Waals surface area contributed by atoms with Gasteiger partial charge in [-0.15, -0.1) is 0 Å². The predicted molar refractivity (Wildman–Crippen MR) is 91.6 cm³/mol. The summed E-state index contributed by atoms with van der Waals surface area (Å²) in [5.74, 6) is 0.342. The van der Waals surface area contributed by atoms with E-state index in [9.17, 15) is 9.59 Å². The van der Waals surface area contributed by atoms with Crippen LogP contribution in [0.1, 0.15) is 46.6 Å². The molecule has 0 spiro atoms. The number of carbonyl (C=O) groups is 2. The Morgan fingerprint density at radius 3 is 2.26 bits per heavy atom. The van der Waals surface area contributed by atoms with Gasteiger partial charge in [0.2, 0.25) is 11.8 Å². The smallest absolute Gasteiger partial charge is 0.246 e. The van der Waals surface area contributed by atoms with E-state index < -0.39 is 12.1 Å². The summed E-state index contributed by atoms with van der Waals surface area (Å²) >= 11 is 0. The minimum absolute atomic E-state index is 0.0297. The normalized spacial score (nSPS) is 22.4. The molecular weight excluding hydrogens is 288 g/mol. The monoisotopic (exact) mass is 316 g/mol. The number of hydrogen-bond acceptors (Lipinski definition) is 2. The summed E-state index contributed by atoms with van der Waals surface area (Å²) in [6, 6.07) is 9.01. The zero-order valence-corrected chi connectivity index (χ0v) is 14.8. The van der Waals surface area contributed by atoms with E-state index >= 15 is 0 Å². The molecule has 1 saturated heterocycles. The maximum absolute atomic E-state index is 13.0. The van der Waals surface area contributed by atoms with Crippen molar-refractivity contribution in [3.8, 4) is 0 Å². The second kappa shape index (κ2) is 6.73. The molecule has 1 heterocycles. The van der Waals surface area contributed by atoms with Crippen molar-refractivity contribution in [2.75, 3.05) is 0 Å². The third kappa shape index (κ3) is 4.12. The summed E-state index contributed by atoms with van der Waals surface area (Å²) in [7, 11) is 0. The molecule has 2 atom stereocenters. The minimum Gasteiger partial charge on any atom is -0.342 e. The van der Waals surface area contributed by atoms with Crippen LogP contribution in [0.4, 0.5) is 0 Å². The Labute approximate surface area is 139 Å². The highest BCUT2D eigenvalue weighted by molar-refractivity contribution is 5.97. The Hall–Kier alpha value is -1.84. The lowest BCUT2D eigenvalue weighted by atomic mass is 9.82. The van der Waals surface area contributed by atoms with Crippen LogP contribution in [0.15, 0.2) is 30.3 Å². The highest BCUT2D eigenvalue weighted by atomic mass is 16.2. The molecule has 4 nitrogen and oxygen atoms in total. The highest BCUT2D eigenvalue weighted by Gasteiger charge is 2.45. The van der Waals surface area contributed by atoms with Crippen molar-refractivity contribution in [1.29, 1.82) is 0 Å². The molecule has 1 aliphatic rings. The van der Waals surface area contributed by atoms with Gasteiger partial charge in [-0.05, 0) is 23.3 Å². The second-order valence-electron chi connectivity index (χ2n) is 7.91. The van der Waals surface area contributed by atoms with Gasteiger partial charge >= 0.3 is 0 Å². The minimum atomic E-state index is -0.446. The van der Waals surface area contributed by atoms with Crippen LogP contribution in [-0.2, 0) is 16.1 Å². The summed E-state index contributed by atoms with van der Waals surface area (Å²) in [5.41, 5.74) is 0.741.